The van der Waals surface area contributed by atoms with E-state index in [0.29, 0.717) is 10.6 Å². The number of carbonyl (C=O) groups is 2. The zero-order valence-corrected chi connectivity index (χ0v) is 10.5. The number of hydrogen-bond donors (Lipinski definition) is 2. The summed E-state index contributed by atoms with van der Waals surface area (Å²) >= 11 is 1.26. The van der Waals surface area contributed by atoms with Gasteiger partial charge in [-0.05, 0) is 12.1 Å². The lowest BCUT2D eigenvalue weighted by molar-refractivity contribution is -0.136. The molecule has 0 aliphatic carbocycles. The first-order valence-corrected chi connectivity index (χ1v) is 6.44. The Hall–Kier alpha value is -1.56. The van der Waals surface area contributed by atoms with Gasteiger partial charge in [-0.2, -0.15) is 0 Å². The van der Waals surface area contributed by atoms with Crippen LogP contribution in [0, 0.1) is 5.82 Å². The van der Waals surface area contributed by atoms with Crippen molar-refractivity contribution in [2.75, 3.05) is 12.3 Å². The second-order valence-corrected chi connectivity index (χ2v) is 4.66. The number of thioether (sulfide) groups is 1. The van der Waals surface area contributed by atoms with Gasteiger partial charge in [-0.15, -0.1) is 11.8 Å². The van der Waals surface area contributed by atoms with Gasteiger partial charge in [-0.1, -0.05) is 12.1 Å². The average molecular weight is 271 g/mol. The number of carbonyl (C=O) groups excluding carboxylic acids is 1. The molecule has 0 saturated carbocycles. The number of amides is 1. The molecule has 0 aliphatic rings. The number of aliphatic carboxylic acids is 1. The van der Waals surface area contributed by atoms with E-state index in [1.807, 2.05) is 0 Å². The van der Waals surface area contributed by atoms with E-state index in [2.05, 4.69) is 5.32 Å². The van der Waals surface area contributed by atoms with Crippen LogP contribution in [0.1, 0.15) is 12.8 Å². The van der Waals surface area contributed by atoms with Crippen LogP contribution in [0.25, 0.3) is 0 Å². The zero-order valence-electron chi connectivity index (χ0n) is 9.69. The molecule has 0 heterocycles. The lowest BCUT2D eigenvalue weighted by atomic mass is 10.3. The van der Waals surface area contributed by atoms with Crippen molar-refractivity contribution in [3.63, 3.8) is 0 Å². The number of carboxylic acids is 1. The molecule has 0 radical (unpaired) electrons. The molecule has 0 atom stereocenters. The molecule has 1 aromatic carbocycles. The smallest absolute Gasteiger partial charge is 0.305 e. The van der Waals surface area contributed by atoms with Crippen LogP contribution in [0.15, 0.2) is 29.2 Å². The molecular weight excluding hydrogens is 257 g/mol. The van der Waals surface area contributed by atoms with Gasteiger partial charge in [0.25, 0.3) is 0 Å². The van der Waals surface area contributed by atoms with Gasteiger partial charge >= 0.3 is 5.97 Å². The largest absolute Gasteiger partial charge is 0.481 e. The molecule has 0 spiro atoms. The molecule has 18 heavy (non-hydrogen) atoms. The fourth-order valence-electron chi connectivity index (χ4n) is 1.21. The minimum atomic E-state index is -0.948. The quantitative estimate of drug-likeness (QED) is 0.743. The number of benzene rings is 1. The molecule has 98 valence electrons. The van der Waals surface area contributed by atoms with E-state index in [4.69, 9.17) is 5.11 Å². The van der Waals surface area contributed by atoms with E-state index in [1.165, 1.54) is 17.8 Å². The summed E-state index contributed by atoms with van der Waals surface area (Å²) in [6.45, 7) is 0.124. The summed E-state index contributed by atoms with van der Waals surface area (Å²) in [5.74, 6) is -1.01. The maximum Gasteiger partial charge on any atom is 0.305 e. The number of rotatable bonds is 7. The van der Waals surface area contributed by atoms with Crippen LogP contribution in [-0.2, 0) is 9.59 Å². The van der Waals surface area contributed by atoms with Gasteiger partial charge < -0.3 is 10.4 Å². The van der Waals surface area contributed by atoms with Crippen molar-refractivity contribution in [3.05, 3.63) is 30.1 Å². The number of hydrogen-bond acceptors (Lipinski definition) is 3. The van der Waals surface area contributed by atoms with Crippen LogP contribution in [0.4, 0.5) is 4.39 Å². The third kappa shape index (κ3) is 5.67. The SMILES string of the molecule is O=C(O)CCNC(=O)CCSc1ccccc1F. The van der Waals surface area contributed by atoms with Crippen molar-refractivity contribution in [1.82, 2.24) is 5.32 Å². The second kappa shape index (κ2) is 7.71. The van der Waals surface area contributed by atoms with Crippen LogP contribution in [0.2, 0.25) is 0 Å². The average Bonchev–Trinajstić information content (AvgIpc) is 2.31. The summed E-state index contributed by atoms with van der Waals surface area (Å²) in [4.78, 5) is 22.0. The number of halogens is 1. The summed E-state index contributed by atoms with van der Waals surface area (Å²) in [5, 5.41) is 10.9. The highest BCUT2D eigenvalue weighted by Crippen LogP contribution is 2.21. The first-order valence-electron chi connectivity index (χ1n) is 5.45. The van der Waals surface area contributed by atoms with E-state index in [9.17, 15) is 14.0 Å². The molecule has 0 saturated heterocycles. The van der Waals surface area contributed by atoms with E-state index >= 15 is 0 Å². The Morgan fingerprint density at radius 3 is 2.67 bits per heavy atom. The summed E-state index contributed by atoms with van der Waals surface area (Å²) in [7, 11) is 0. The minimum Gasteiger partial charge on any atom is -0.481 e. The predicted octanol–water partition coefficient (Wildman–Crippen LogP) is 1.90. The number of carboxylic acid groups (broad SMARTS) is 1. The second-order valence-electron chi connectivity index (χ2n) is 3.52. The Kier molecular flexibility index (Phi) is 6.21. The van der Waals surface area contributed by atoms with Crippen LogP contribution < -0.4 is 5.32 Å². The maximum atomic E-state index is 13.2. The van der Waals surface area contributed by atoms with Crippen LogP contribution in [0.3, 0.4) is 0 Å². The Morgan fingerprint density at radius 1 is 1.28 bits per heavy atom. The Balaban J connectivity index is 2.20. The summed E-state index contributed by atoms with van der Waals surface area (Å²) in [6.07, 6.45) is 0.144. The van der Waals surface area contributed by atoms with Gasteiger partial charge in [-0.25, -0.2) is 4.39 Å². The molecule has 1 aromatic rings. The molecule has 1 amide bonds. The van der Waals surface area contributed by atoms with Crippen molar-refractivity contribution < 1.29 is 19.1 Å². The Bertz CT molecular complexity index is 426. The summed E-state index contributed by atoms with van der Waals surface area (Å²) in [5.41, 5.74) is 0. The van der Waals surface area contributed by atoms with Gasteiger partial charge in [-0.3, -0.25) is 9.59 Å². The normalized spacial score (nSPS) is 10.1. The van der Waals surface area contributed by atoms with Crippen molar-refractivity contribution >= 4 is 23.6 Å². The van der Waals surface area contributed by atoms with Gasteiger partial charge in [0.15, 0.2) is 0 Å². The van der Waals surface area contributed by atoms with Crippen molar-refractivity contribution in [3.8, 4) is 0 Å². The minimum absolute atomic E-state index is 0.0911. The lowest BCUT2D eigenvalue weighted by Crippen LogP contribution is -2.26. The van der Waals surface area contributed by atoms with E-state index in [-0.39, 0.29) is 31.1 Å². The first kappa shape index (κ1) is 14.5. The zero-order chi connectivity index (χ0) is 13.4. The van der Waals surface area contributed by atoms with E-state index < -0.39 is 5.97 Å². The molecule has 0 aliphatic heterocycles. The third-order valence-corrected chi connectivity index (χ3v) is 3.13. The van der Waals surface area contributed by atoms with Crippen molar-refractivity contribution in [2.24, 2.45) is 0 Å². The molecule has 0 fully saturated rings. The predicted molar refractivity (Wildman–Crippen MR) is 67.0 cm³/mol. The summed E-state index contributed by atoms with van der Waals surface area (Å²) < 4.78 is 13.2. The fraction of sp³-hybridized carbons (Fsp3) is 0.333. The fourth-order valence-corrected chi connectivity index (χ4v) is 2.10. The van der Waals surface area contributed by atoms with Gasteiger partial charge in [0.1, 0.15) is 5.82 Å². The molecule has 0 bridgehead atoms. The van der Waals surface area contributed by atoms with Gasteiger partial charge in [0.2, 0.25) is 5.91 Å². The Morgan fingerprint density at radius 2 is 2.00 bits per heavy atom. The molecule has 0 aromatic heterocycles. The molecule has 1 rings (SSSR count). The van der Waals surface area contributed by atoms with Gasteiger partial charge in [0, 0.05) is 23.6 Å². The highest BCUT2D eigenvalue weighted by atomic mass is 32.2. The Labute approximate surface area is 109 Å². The molecule has 0 unspecified atom stereocenters. The molecule has 2 N–H and O–H groups in total. The van der Waals surface area contributed by atoms with Crippen molar-refractivity contribution in [2.45, 2.75) is 17.7 Å². The maximum absolute atomic E-state index is 13.2. The van der Waals surface area contributed by atoms with Crippen LogP contribution in [0.5, 0.6) is 0 Å². The number of nitrogens with one attached hydrogen (secondary N) is 1. The highest BCUT2D eigenvalue weighted by molar-refractivity contribution is 7.99. The molecular formula is C12H14FNO3S. The van der Waals surface area contributed by atoms with E-state index in [0.717, 1.165) is 0 Å². The van der Waals surface area contributed by atoms with Crippen LogP contribution >= 0.6 is 11.8 Å². The van der Waals surface area contributed by atoms with E-state index in [1.54, 1.807) is 18.2 Å². The molecule has 6 heteroatoms. The van der Waals surface area contributed by atoms with Crippen LogP contribution in [-0.4, -0.2) is 29.3 Å². The van der Waals surface area contributed by atoms with Gasteiger partial charge in [0.05, 0.1) is 6.42 Å². The summed E-state index contributed by atoms with van der Waals surface area (Å²) in [6, 6.07) is 6.37. The monoisotopic (exact) mass is 271 g/mol. The topological polar surface area (TPSA) is 66.4 Å². The highest BCUT2D eigenvalue weighted by Gasteiger charge is 2.05. The van der Waals surface area contributed by atoms with Crippen molar-refractivity contribution in [1.29, 1.82) is 0 Å². The standard InChI is InChI=1S/C12H14FNO3S/c13-9-3-1-2-4-10(9)18-8-6-11(15)14-7-5-12(16)17/h1-4H,5-8H2,(H,14,15)(H,16,17). The third-order valence-electron chi connectivity index (χ3n) is 2.08. The molecule has 4 nitrogen and oxygen atoms in total. The lowest BCUT2D eigenvalue weighted by Gasteiger charge is -2.04. The first-order chi connectivity index (χ1) is 8.59.